The van der Waals surface area contributed by atoms with Crippen LogP contribution in [0.2, 0.25) is 13.3 Å². The minimum absolute atomic E-state index is 0.00700. The molecule has 22 heavy (non-hydrogen) atoms. The molecule has 0 aromatic carbocycles. The summed E-state index contributed by atoms with van der Waals surface area (Å²) in [4.78, 5) is 0. The van der Waals surface area contributed by atoms with Crippen LogP contribution in [0.5, 0.6) is 0 Å². The van der Waals surface area contributed by atoms with Gasteiger partial charge in [-0.2, -0.15) is 0 Å². The standard InChI is InChI=1S/C8H15O.3C4H9.Sn/c1-5-6-8(4,9)7(2)3;3*1-3-4-2;/h5,7H,1,6H2,2-4H3;3*1,3-4H2,2H3;/q-1;;;;+1. The molecule has 1 nitrogen and oxygen atoms in total. The third-order valence-corrected chi connectivity index (χ3v) is 18.6. The van der Waals surface area contributed by atoms with Crippen LogP contribution in [0.4, 0.5) is 0 Å². The molecule has 0 N–H and O–H groups in total. The maximum atomic E-state index is 7.17. The second kappa shape index (κ2) is 11.9. The summed E-state index contributed by atoms with van der Waals surface area (Å²) < 4.78 is 11.4. The quantitative estimate of drug-likeness (QED) is 0.212. The van der Waals surface area contributed by atoms with Gasteiger partial charge in [0.25, 0.3) is 0 Å². The molecular formula is C20H42OSn. The molecular weight excluding hydrogens is 375 g/mol. The first kappa shape index (κ1) is 22.5. The van der Waals surface area contributed by atoms with E-state index in [1.54, 1.807) is 0 Å². The Morgan fingerprint density at radius 3 is 1.64 bits per heavy atom. The van der Waals surface area contributed by atoms with Crippen LogP contribution in [-0.4, -0.2) is 24.4 Å². The van der Waals surface area contributed by atoms with E-state index in [2.05, 4.69) is 54.2 Å². The second-order valence-corrected chi connectivity index (χ2v) is 19.2. The van der Waals surface area contributed by atoms with Gasteiger partial charge in [0.2, 0.25) is 0 Å². The van der Waals surface area contributed by atoms with E-state index in [0.717, 1.165) is 6.42 Å². The first-order valence-corrected chi connectivity index (χ1v) is 16.9. The van der Waals surface area contributed by atoms with Gasteiger partial charge in [-0.1, -0.05) is 0 Å². The fraction of sp³-hybridized carbons (Fsp3) is 0.900. The van der Waals surface area contributed by atoms with E-state index >= 15 is 0 Å². The van der Waals surface area contributed by atoms with Crippen LogP contribution in [0, 0.1) is 5.92 Å². The van der Waals surface area contributed by atoms with Crippen molar-refractivity contribution in [3.63, 3.8) is 0 Å². The van der Waals surface area contributed by atoms with E-state index in [4.69, 9.17) is 3.07 Å². The van der Waals surface area contributed by atoms with Crippen molar-refractivity contribution in [2.24, 2.45) is 5.92 Å². The van der Waals surface area contributed by atoms with E-state index in [0.29, 0.717) is 5.92 Å². The molecule has 1 atom stereocenters. The summed E-state index contributed by atoms with van der Waals surface area (Å²) in [6, 6.07) is 0. The third-order valence-electron chi connectivity index (χ3n) is 5.18. The summed E-state index contributed by atoms with van der Waals surface area (Å²) in [6.07, 6.45) is 11.1. The zero-order valence-electron chi connectivity index (χ0n) is 16.3. The van der Waals surface area contributed by atoms with Gasteiger partial charge in [-0.05, 0) is 0 Å². The Hall–Kier alpha value is 0.499. The van der Waals surface area contributed by atoms with Crippen molar-refractivity contribution in [3.8, 4) is 0 Å². The van der Waals surface area contributed by atoms with Gasteiger partial charge < -0.3 is 0 Å². The molecule has 0 rings (SSSR count). The van der Waals surface area contributed by atoms with Crippen molar-refractivity contribution in [3.05, 3.63) is 12.7 Å². The van der Waals surface area contributed by atoms with E-state index in [1.807, 2.05) is 0 Å². The number of unbranched alkanes of at least 4 members (excludes halogenated alkanes) is 3. The Labute approximate surface area is 145 Å². The topological polar surface area (TPSA) is 9.23 Å². The van der Waals surface area contributed by atoms with Gasteiger partial charge in [0.1, 0.15) is 0 Å². The predicted molar refractivity (Wildman–Crippen MR) is 104 cm³/mol. The van der Waals surface area contributed by atoms with Crippen molar-refractivity contribution in [2.75, 3.05) is 0 Å². The van der Waals surface area contributed by atoms with Crippen LogP contribution < -0.4 is 0 Å². The maximum absolute atomic E-state index is 7.17. The molecule has 0 saturated carbocycles. The number of hydrogen-bond donors (Lipinski definition) is 0. The van der Waals surface area contributed by atoms with E-state index in [9.17, 15) is 0 Å². The molecule has 0 aliphatic rings. The molecule has 2 heteroatoms. The van der Waals surface area contributed by atoms with Crippen LogP contribution in [0.15, 0.2) is 12.7 Å². The average molecular weight is 417 g/mol. The average Bonchev–Trinajstić information content (AvgIpc) is 2.48. The fourth-order valence-electron chi connectivity index (χ4n) is 3.20. The van der Waals surface area contributed by atoms with Gasteiger partial charge >= 0.3 is 146 Å². The van der Waals surface area contributed by atoms with Crippen molar-refractivity contribution in [1.82, 2.24) is 0 Å². The number of hydrogen-bond acceptors (Lipinski definition) is 1. The van der Waals surface area contributed by atoms with Gasteiger partial charge in [-0.25, -0.2) is 0 Å². The molecule has 0 radical (unpaired) electrons. The monoisotopic (exact) mass is 418 g/mol. The SMILES string of the molecule is C=CCC(C)([O][Sn]([CH2]CCC)([CH2]CCC)[CH2]CCC)C(C)C. The molecule has 0 aromatic heterocycles. The molecule has 0 aliphatic heterocycles. The molecule has 0 spiro atoms. The van der Waals surface area contributed by atoms with Crippen LogP contribution in [0.3, 0.4) is 0 Å². The van der Waals surface area contributed by atoms with Crippen molar-refractivity contribution in [2.45, 2.75) is 105 Å². The van der Waals surface area contributed by atoms with Crippen LogP contribution >= 0.6 is 0 Å². The molecule has 0 aliphatic carbocycles. The molecule has 0 saturated heterocycles. The van der Waals surface area contributed by atoms with E-state index in [1.165, 1.54) is 51.8 Å². The fourth-order valence-corrected chi connectivity index (χ4v) is 18.5. The summed E-state index contributed by atoms with van der Waals surface area (Å²) in [7, 11) is 0. The Balaban J connectivity index is 5.30. The van der Waals surface area contributed by atoms with Gasteiger partial charge in [0.15, 0.2) is 0 Å². The molecule has 1 unspecified atom stereocenters. The van der Waals surface area contributed by atoms with Gasteiger partial charge in [-0.15, -0.1) is 0 Å². The van der Waals surface area contributed by atoms with E-state index < -0.39 is 18.8 Å². The van der Waals surface area contributed by atoms with Gasteiger partial charge in [0.05, 0.1) is 0 Å². The van der Waals surface area contributed by atoms with Crippen molar-refractivity contribution in [1.29, 1.82) is 0 Å². The molecule has 0 bridgehead atoms. The summed E-state index contributed by atoms with van der Waals surface area (Å²) in [5.41, 5.74) is 0.00700. The Morgan fingerprint density at radius 1 is 0.955 bits per heavy atom. The molecule has 0 amide bonds. The minimum atomic E-state index is -2.52. The van der Waals surface area contributed by atoms with Crippen LogP contribution in [-0.2, 0) is 3.07 Å². The Kier molecular flexibility index (Phi) is 12.2. The summed E-state index contributed by atoms with van der Waals surface area (Å²) in [6.45, 7) is 17.9. The first-order chi connectivity index (χ1) is 10.4. The zero-order valence-corrected chi connectivity index (χ0v) is 19.2. The van der Waals surface area contributed by atoms with Crippen LogP contribution in [0.25, 0.3) is 0 Å². The number of rotatable bonds is 14. The first-order valence-electron chi connectivity index (χ1n) is 9.70. The van der Waals surface area contributed by atoms with E-state index in [-0.39, 0.29) is 5.60 Å². The summed E-state index contributed by atoms with van der Waals surface area (Å²) in [5.74, 6) is 0.562. The predicted octanol–water partition coefficient (Wildman–Crippen LogP) is 7.34. The third kappa shape index (κ3) is 7.86. The molecule has 0 heterocycles. The van der Waals surface area contributed by atoms with Crippen molar-refractivity contribution < 1.29 is 3.07 Å². The van der Waals surface area contributed by atoms with Gasteiger partial charge in [0, 0.05) is 0 Å². The molecule has 132 valence electrons. The molecule has 0 fully saturated rings. The van der Waals surface area contributed by atoms with Crippen molar-refractivity contribution >= 4 is 18.8 Å². The summed E-state index contributed by atoms with van der Waals surface area (Å²) >= 11 is -2.52. The van der Waals surface area contributed by atoms with Crippen LogP contribution in [0.1, 0.15) is 86.5 Å². The second-order valence-electron chi connectivity index (χ2n) is 7.56. The zero-order chi connectivity index (χ0) is 17.1. The van der Waals surface area contributed by atoms with Gasteiger partial charge in [-0.3, -0.25) is 0 Å². The molecule has 0 aromatic rings. The Morgan fingerprint density at radius 2 is 1.36 bits per heavy atom. The summed E-state index contributed by atoms with van der Waals surface area (Å²) in [5, 5.41) is 0. The Bertz CT molecular complexity index is 266. The normalized spacial score (nSPS) is 15.0.